The van der Waals surface area contributed by atoms with Gasteiger partial charge in [-0.1, -0.05) is 60.7 Å². The number of hydrogen-bond acceptors (Lipinski definition) is 3. The lowest BCUT2D eigenvalue weighted by Gasteiger charge is -2.13. The van der Waals surface area contributed by atoms with Crippen molar-refractivity contribution in [1.82, 2.24) is 5.32 Å². The Hall–Kier alpha value is -2.46. The number of aryl methyl sites for hydroxylation is 1. The summed E-state index contributed by atoms with van der Waals surface area (Å²) in [5.74, 6) is 0.147. The second-order valence-electron chi connectivity index (χ2n) is 7.48. The quantitative estimate of drug-likeness (QED) is 0.412. The Balaban J connectivity index is 1.72. The molecule has 0 saturated carbocycles. The molecule has 2 N–H and O–H groups in total. The minimum Gasteiger partial charge on any atom is -0.389 e. The van der Waals surface area contributed by atoms with E-state index < -0.39 is 6.10 Å². The Morgan fingerprint density at radius 1 is 1.24 bits per heavy atom. The van der Waals surface area contributed by atoms with Gasteiger partial charge in [0.15, 0.2) is 5.78 Å². The predicted octanol–water partition coefficient (Wildman–Crippen LogP) is 4.16. The number of rotatable bonds is 12. The number of carbonyl (C=O) groups is 2. The lowest BCUT2D eigenvalue weighted by molar-refractivity contribution is -0.121. The third kappa shape index (κ3) is 8.61. The molecule has 4 nitrogen and oxygen atoms in total. The van der Waals surface area contributed by atoms with E-state index >= 15 is 0 Å². The van der Waals surface area contributed by atoms with Crippen molar-refractivity contribution >= 4 is 11.7 Å². The van der Waals surface area contributed by atoms with Gasteiger partial charge in [0.25, 0.3) is 0 Å². The average molecular weight is 396 g/mol. The van der Waals surface area contributed by atoms with Crippen LogP contribution in [0, 0.1) is 11.8 Å². The Labute approximate surface area is 174 Å². The van der Waals surface area contributed by atoms with Crippen molar-refractivity contribution < 1.29 is 14.7 Å². The fourth-order valence-electron chi connectivity index (χ4n) is 3.46. The highest BCUT2D eigenvalue weighted by Gasteiger charge is 2.26. The minimum absolute atomic E-state index is 0.0984. The molecule has 1 unspecified atom stereocenters. The number of benzene rings is 1. The van der Waals surface area contributed by atoms with E-state index in [1.54, 1.807) is 12.2 Å². The maximum absolute atomic E-state index is 12.2. The molecule has 0 aromatic heterocycles. The van der Waals surface area contributed by atoms with Crippen LogP contribution in [0.4, 0.5) is 0 Å². The largest absolute Gasteiger partial charge is 0.389 e. The van der Waals surface area contributed by atoms with Crippen LogP contribution >= 0.6 is 0 Å². The van der Waals surface area contributed by atoms with E-state index in [0.717, 1.165) is 25.7 Å². The van der Waals surface area contributed by atoms with E-state index in [1.807, 2.05) is 37.3 Å². The monoisotopic (exact) mass is 395 g/mol. The van der Waals surface area contributed by atoms with Gasteiger partial charge < -0.3 is 10.4 Å². The SMILES string of the molecule is CCNC(=O)CCCC=CC[C@H]1C=CC(=O)[C@@H]1C=CC(O)CCc1ccccc1. The Morgan fingerprint density at radius 2 is 2.03 bits per heavy atom. The highest BCUT2D eigenvalue weighted by molar-refractivity contribution is 5.95. The van der Waals surface area contributed by atoms with Crippen molar-refractivity contribution in [3.8, 4) is 0 Å². The number of ketones is 1. The molecule has 0 spiro atoms. The summed E-state index contributed by atoms with van der Waals surface area (Å²) >= 11 is 0. The molecule has 4 heteroatoms. The summed E-state index contributed by atoms with van der Waals surface area (Å²) in [5.41, 5.74) is 1.20. The van der Waals surface area contributed by atoms with Gasteiger partial charge in [-0.15, -0.1) is 0 Å². The zero-order valence-corrected chi connectivity index (χ0v) is 17.3. The fraction of sp³-hybridized carbons (Fsp3) is 0.440. The summed E-state index contributed by atoms with van der Waals surface area (Å²) in [6, 6.07) is 10.1. The second kappa shape index (κ2) is 12.9. The van der Waals surface area contributed by atoms with Crippen LogP contribution in [0.25, 0.3) is 0 Å². The number of hydrogen-bond donors (Lipinski definition) is 2. The van der Waals surface area contributed by atoms with Crippen LogP contribution < -0.4 is 5.32 Å². The van der Waals surface area contributed by atoms with Gasteiger partial charge in [-0.25, -0.2) is 0 Å². The van der Waals surface area contributed by atoms with Crippen LogP contribution in [0.3, 0.4) is 0 Å². The van der Waals surface area contributed by atoms with Crippen molar-refractivity contribution in [3.63, 3.8) is 0 Å². The summed E-state index contributed by atoms with van der Waals surface area (Å²) in [5, 5.41) is 13.0. The smallest absolute Gasteiger partial charge is 0.219 e. The third-order valence-corrected chi connectivity index (χ3v) is 5.13. The first-order chi connectivity index (χ1) is 14.1. The first-order valence-electron chi connectivity index (χ1n) is 10.6. The van der Waals surface area contributed by atoms with E-state index in [4.69, 9.17) is 0 Å². The van der Waals surface area contributed by atoms with Crippen molar-refractivity contribution in [2.24, 2.45) is 11.8 Å². The van der Waals surface area contributed by atoms with Gasteiger partial charge in [-0.05, 0) is 56.6 Å². The molecule has 1 aromatic rings. The van der Waals surface area contributed by atoms with Crippen molar-refractivity contribution in [2.75, 3.05) is 6.54 Å². The number of aliphatic hydroxyl groups is 1. The third-order valence-electron chi connectivity index (χ3n) is 5.13. The van der Waals surface area contributed by atoms with Crippen LogP contribution in [-0.4, -0.2) is 29.4 Å². The molecule has 29 heavy (non-hydrogen) atoms. The van der Waals surface area contributed by atoms with Crippen LogP contribution in [0.15, 0.2) is 66.8 Å². The highest BCUT2D eigenvalue weighted by Crippen LogP contribution is 2.27. The van der Waals surface area contributed by atoms with E-state index in [0.29, 0.717) is 19.4 Å². The van der Waals surface area contributed by atoms with Crippen molar-refractivity contribution in [2.45, 2.75) is 51.6 Å². The van der Waals surface area contributed by atoms with Crippen LogP contribution in [0.2, 0.25) is 0 Å². The Morgan fingerprint density at radius 3 is 2.79 bits per heavy atom. The zero-order valence-electron chi connectivity index (χ0n) is 17.3. The summed E-state index contributed by atoms with van der Waals surface area (Å²) < 4.78 is 0. The summed E-state index contributed by atoms with van der Waals surface area (Å²) in [6.45, 7) is 2.59. The lowest BCUT2D eigenvalue weighted by atomic mass is 9.90. The van der Waals surface area contributed by atoms with E-state index in [2.05, 4.69) is 29.6 Å². The predicted molar refractivity (Wildman–Crippen MR) is 117 cm³/mol. The van der Waals surface area contributed by atoms with Crippen LogP contribution in [0.5, 0.6) is 0 Å². The number of unbranched alkanes of at least 4 members (excludes halogenated alkanes) is 1. The molecule has 3 atom stereocenters. The number of allylic oxidation sites excluding steroid dienone is 5. The molecular formula is C25H33NO3. The average Bonchev–Trinajstić information content (AvgIpc) is 3.08. The number of nitrogens with one attached hydrogen (secondary N) is 1. The summed E-state index contributed by atoms with van der Waals surface area (Å²) in [6.07, 6.45) is 15.4. The molecule has 0 saturated heterocycles. The van der Waals surface area contributed by atoms with Crippen LogP contribution in [0.1, 0.15) is 44.6 Å². The van der Waals surface area contributed by atoms with Gasteiger partial charge in [0.1, 0.15) is 0 Å². The minimum atomic E-state index is -0.547. The maximum atomic E-state index is 12.2. The molecule has 0 radical (unpaired) electrons. The standard InChI is InChI=1S/C25H33NO3/c1-2-26-25(29)13-9-4-3-8-12-21-15-19-24(28)23(21)18-17-22(27)16-14-20-10-6-5-7-11-20/h3,5-8,10-11,15,17-19,21-23,27H,2,4,9,12-14,16H2,1H3,(H,26,29)/t21-,22?,23+/m0/s1. The number of amides is 1. The van der Waals surface area contributed by atoms with Gasteiger partial charge >= 0.3 is 0 Å². The topological polar surface area (TPSA) is 66.4 Å². The summed E-state index contributed by atoms with van der Waals surface area (Å²) in [4.78, 5) is 23.6. The first-order valence-corrected chi connectivity index (χ1v) is 10.6. The van der Waals surface area contributed by atoms with Gasteiger partial charge in [-0.2, -0.15) is 0 Å². The van der Waals surface area contributed by atoms with E-state index in [-0.39, 0.29) is 23.5 Å². The molecule has 1 aliphatic rings. The molecular weight excluding hydrogens is 362 g/mol. The molecule has 2 rings (SSSR count). The first kappa shape index (κ1) is 22.8. The van der Waals surface area contributed by atoms with Gasteiger partial charge in [-0.3, -0.25) is 9.59 Å². The van der Waals surface area contributed by atoms with E-state index in [9.17, 15) is 14.7 Å². The van der Waals surface area contributed by atoms with Crippen LogP contribution in [-0.2, 0) is 16.0 Å². The molecule has 1 aliphatic carbocycles. The second-order valence-corrected chi connectivity index (χ2v) is 7.48. The lowest BCUT2D eigenvalue weighted by Crippen LogP contribution is -2.21. The van der Waals surface area contributed by atoms with E-state index in [1.165, 1.54) is 5.56 Å². The molecule has 156 valence electrons. The van der Waals surface area contributed by atoms with Gasteiger partial charge in [0, 0.05) is 18.9 Å². The Bertz CT molecular complexity index is 721. The molecule has 1 aromatic carbocycles. The van der Waals surface area contributed by atoms with Gasteiger partial charge in [0.05, 0.1) is 6.10 Å². The molecule has 0 heterocycles. The highest BCUT2D eigenvalue weighted by atomic mass is 16.3. The molecule has 0 aliphatic heterocycles. The molecule has 0 fully saturated rings. The number of carbonyl (C=O) groups excluding carboxylic acids is 2. The molecule has 1 amide bonds. The Kier molecular flexibility index (Phi) is 10.1. The van der Waals surface area contributed by atoms with Crippen molar-refractivity contribution in [3.05, 3.63) is 72.4 Å². The normalized spacial score (nSPS) is 20.0. The fourth-order valence-corrected chi connectivity index (χ4v) is 3.46. The van der Waals surface area contributed by atoms with Gasteiger partial charge in [0.2, 0.25) is 5.91 Å². The molecule has 0 bridgehead atoms. The van der Waals surface area contributed by atoms with Crippen molar-refractivity contribution in [1.29, 1.82) is 0 Å². The summed E-state index contributed by atoms with van der Waals surface area (Å²) in [7, 11) is 0. The maximum Gasteiger partial charge on any atom is 0.219 e. The number of aliphatic hydroxyl groups excluding tert-OH is 1. The zero-order chi connectivity index (χ0) is 20.9.